The Morgan fingerprint density at radius 3 is 2.78 bits per heavy atom. The molecule has 0 amide bonds. The first-order chi connectivity index (χ1) is 15.7. The van der Waals surface area contributed by atoms with E-state index in [0.717, 1.165) is 43.1 Å². The number of thiophene rings is 1. The van der Waals surface area contributed by atoms with Gasteiger partial charge in [0.05, 0.1) is 16.1 Å². The number of anilines is 2. The predicted molar refractivity (Wildman–Crippen MR) is 129 cm³/mol. The van der Waals surface area contributed by atoms with E-state index in [1.807, 2.05) is 42.5 Å². The molecule has 0 atom stereocenters. The van der Waals surface area contributed by atoms with Gasteiger partial charge in [-0.25, -0.2) is 9.97 Å². The number of nitrogens with one attached hydrogen (secondary N) is 1. The number of aliphatic hydroxyl groups is 1. The van der Waals surface area contributed by atoms with E-state index in [9.17, 15) is 5.11 Å². The third kappa shape index (κ3) is 4.23. The summed E-state index contributed by atoms with van der Waals surface area (Å²) in [6.07, 6.45) is 3.92. The lowest BCUT2D eigenvalue weighted by atomic mass is 10.1. The van der Waals surface area contributed by atoms with Crippen molar-refractivity contribution in [2.45, 2.75) is 13.0 Å². The molecular formula is C24H19ClN4O2S. The quantitative estimate of drug-likeness (QED) is 0.320. The predicted octanol–water partition coefficient (Wildman–Crippen LogP) is 5.75. The number of benzene rings is 2. The van der Waals surface area contributed by atoms with E-state index < -0.39 is 0 Å². The van der Waals surface area contributed by atoms with Gasteiger partial charge in [0.25, 0.3) is 0 Å². The standard InChI is InChI=1S/C24H19ClN4O2S/c25-19-12-16(5-7-20(19)31-13-17-3-1-2-9-26-17)29-23-22-18-6-4-15(8-10-30)11-21(18)32-24(22)28-14-27-23/h1-7,9,11-12,14,30H,8,10,13H2,(H,27,28,29). The molecular weight excluding hydrogens is 444 g/mol. The molecule has 0 saturated heterocycles. The number of hydrogen-bond donors (Lipinski definition) is 2. The molecule has 0 aliphatic carbocycles. The van der Waals surface area contributed by atoms with Gasteiger partial charge in [-0.1, -0.05) is 29.8 Å². The van der Waals surface area contributed by atoms with E-state index in [2.05, 4.69) is 32.4 Å². The first-order valence-corrected chi connectivity index (χ1v) is 11.3. The first kappa shape index (κ1) is 20.6. The highest BCUT2D eigenvalue weighted by atomic mass is 35.5. The average molecular weight is 463 g/mol. The third-order valence-corrected chi connectivity index (χ3v) is 6.39. The number of rotatable bonds is 7. The second-order valence-corrected chi connectivity index (χ2v) is 8.63. The van der Waals surface area contributed by atoms with E-state index in [1.165, 1.54) is 0 Å². The maximum absolute atomic E-state index is 9.22. The molecule has 0 bridgehead atoms. The number of ether oxygens (including phenoxy) is 1. The van der Waals surface area contributed by atoms with Crippen molar-refractivity contribution in [3.8, 4) is 5.75 Å². The molecule has 8 heteroatoms. The molecule has 2 N–H and O–H groups in total. The molecule has 5 rings (SSSR count). The van der Waals surface area contributed by atoms with Crippen LogP contribution >= 0.6 is 22.9 Å². The van der Waals surface area contributed by atoms with Crippen LogP contribution in [0.5, 0.6) is 5.75 Å². The maximum Gasteiger partial charge on any atom is 0.143 e. The number of aliphatic hydroxyl groups excluding tert-OH is 1. The number of nitrogens with zero attached hydrogens (tertiary/aromatic N) is 3. The van der Waals surface area contributed by atoms with Crippen LogP contribution in [0.2, 0.25) is 5.02 Å². The van der Waals surface area contributed by atoms with Gasteiger partial charge in [0.1, 0.15) is 29.3 Å². The van der Waals surface area contributed by atoms with Gasteiger partial charge in [-0.3, -0.25) is 4.98 Å². The molecule has 0 aliphatic rings. The van der Waals surface area contributed by atoms with E-state index in [0.29, 0.717) is 23.8 Å². The summed E-state index contributed by atoms with van der Waals surface area (Å²) in [7, 11) is 0. The van der Waals surface area contributed by atoms with Crippen molar-refractivity contribution in [3.63, 3.8) is 0 Å². The highest BCUT2D eigenvalue weighted by molar-refractivity contribution is 7.25. The lowest BCUT2D eigenvalue weighted by molar-refractivity contribution is 0.299. The van der Waals surface area contributed by atoms with Crippen LogP contribution in [0.4, 0.5) is 11.5 Å². The summed E-state index contributed by atoms with van der Waals surface area (Å²) < 4.78 is 6.93. The van der Waals surface area contributed by atoms with Crippen molar-refractivity contribution in [2.75, 3.05) is 11.9 Å². The van der Waals surface area contributed by atoms with Crippen LogP contribution in [-0.4, -0.2) is 26.7 Å². The molecule has 5 aromatic rings. The van der Waals surface area contributed by atoms with Crippen molar-refractivity contribution in [1.29, 1.82) is 0 Å². The minimum Gasteiger partial charge on any atom is -0.486 e. The Kier molecular flexibility index (Phi) is 5.85. The smallest absolute Gasteiger partial charge is 0.143 e. The molecule has 3 heterocycles. The second kappa shape index (κ2) is 9.08. The van der Waals surface area contributed by atoms with Crippen LogP contribution in [0, 0.1) is 0 Å². The summed E-state index contributed by atoms with van der Waals surface area (Å²) in [6.45, 7) is 0.477. The molecule has 0 aliphatic heterocycles. The fourth-order valence-electron chi connectivity index (χ4n) is 3.50. The fraction of sp³-hybridized carbons (Fsp3) is 0.125. The van der Waals surface area contributed by atoms with Crippen molar-refractivity contribution in [1.82, 2.24) is 15.0 Å². The van der Waals surface area contributed by atoms with Crippen LogP contribution < -0.4 is 10.1 Å². The Morgan fingerprint density at radius 2 is 1.97 bits per heavy atom. The average Bonchev–Trinajstić information content (AvgIpc) is 3.18. The Labute approximate surface area is 193 Å². The van der Waals surface area contributed by atoms with Gasteiger partial charge in [-0.2, -0.15) is 0 Å². The summed E-state index contributed by atoms with van der Waals surface area (Å²) in [5.74, 6) is 1.31. The molecule has 0 spiro atoms. The first-order valence-electron chi connectivity index (χ1n) is 10.1. The van der Waals surface area contributed by atoms with Crippen molar-refractivity contribution < 1.29 is 9.84 Å². The Morgan fingerprint density at radius 1 is 1.03 bits per heavy atom. The van der Waals surface area contributed by atoms with Gasteiger partial charge in [-0.05, 0) is 48.4 Å². The van der Waals surface area contributed by atoms with E-state index in [4.69, 9.17) is 16.3 Å². The van der Waals surface area contributed by atoms with E-state index in [1.54, 1.807) is 23.9 Å². The van der Waals surface area contributed by atoms with Gasteiger partial charge >= 0.3 is 0 Å². The second-order valence-electron chi connectivity index (χ2n) is 7.19. The van der Waals surface area contributed by atoms with E-state index in [-0.39, 0.29) is 6.61 Å². The molecule has 0 fully saturated rings. The molecule has 0 radical (unpaired) electrons. The lowest BCUT2D eigenvalue weighted by Gasteiger charge is -2.11. The molecule has 32 heavy (non-hydrogen) atoms. The Hall–Kier alpha value is -3.26. The number of aromatic nitrogens is 3. The Balaban J connectivity index is 1.41. The van der Waals surface area contributed by atoms with Crippen molar-refractivity contribution in [3.05, 3.63) is 83.4 Å². The largest absolute Gasteiger partial charge is 0.486 e. The molecule has 6 nitrogen and oxygen atoms in total. The minimum absolute atomic E-state index is 0.130. The van der Waals surface area contributed by atoms with Gasteiger partial charge in [0.15, 0.2) is 0 Å². The number of hydrogen-bond acceptors (Lipinski definition) is 7. The molecule has 0 unspecified atom stereocenters. The van der Waals surface area contributed by atoms with Gasteiger partial charge in [0.2, 0.25) is 0 Å². The van der Waals surface area contributed by atoms with Crippen LogP contribution in [0.25, 0.3) is 20.3 Å². The summed E-state index contributed by atoms with van der Waals surface area (Å²) in [6, 6.07) is 17.4. The zero-order valence-electron chi connectivity index (χ0n) is 17.0. The van der Waals surface area contributed by atoms with Crippen molar-refractivity contribution in [2.24, 2.45) is 0 Å². The Bertz CT molecular complexity index is 1390. The van der Waals surface area contributed by atoms with Crippen LogP contribution in [0.3, 0.4) is 0 Å². The van der Waals surface area contributed by atoms with Crippen molar-refractivity contribution >= 4 is 54.7 Å². The number of halogens is 1. The monoisotopic (exact) mass is 462 g/mol. The zero-order valence-corrected chi connectivity index (χ0v) is 18.5. The zero-order chi connectivity index (χ0) is 21.9. The number of fused-ring (bicyclic) bond motifs is 3. The summed E-state index contributed by atoms with van der Waals surface area (Å²) in [5.41, 5.74) is 2.74. The number of pyridine rings is 1. The molecule has 0 saturated carbocycles. The fourth-order valence-corrected chi connectivity index (χ4v) is 4.84. The van der Waals surface area contributed by atoms with Gasteiger partial charge in [-0.15, -0.1) is 11.3 Å². The third-order valence-electron chi connectivity index (χ3n) is 5.03. The minimum atomic E-state index is 0.130. The highest BCUT2D eigenvalue weighted by Crippen LogP contribution is 2.38. The molecule has 3 aromatic heterocycles. The van der Waals surface area contributed by atoms with Crippen LogP contribution in [0.15, 0.2) is 67.1 Å². The summed E-state index contributed by atoms with van der Waals surface area (Å²) in [5, 5.41) is 15.1. The molecule has 2 aromatic carbocycles. The van der Waals surface area contributed by atoms with Crippen LogP contribution in [-0.2, 0) is 13.0 Å². The lowest BCUT2D eigenvalue weighted by Crippen LogP contribution is -1.99. The SMILES string of the molecule is OCCc1ccc2c(c1)sc1ncnc(Nc3ccc(OCc4ccccn4)c(Cl)c3)c12. The summed E-state index contributed by atoms with van der Waals surface area (Å²) in [4.78, 5) is 14.1. The summed E-state index contributed by atoms with van der Waals surface area (Å²) >= 11 is 8.08. The van der Waals surface area contributed by atoms with E-state index >= 15 is 0 Å². The normalized spacial score (nSPS) is 11.2. The van der Waals surface area contributed by atoms with Gasteiger partial charge < -0.3 is 15.2 Å². The van der Waals surface area contributed by atoms with Crippen LogP contribution in [0.1, 0.15) is 11.3 Å². The molecule has 160 valence electrons. The highest BCUT2D eigenvalue weighted by Gasteiger charge is 2.13. The topological polar surface area (TPSA) is 80.2 Å². The maximum atomic E-state index is 9.22. The van der Waals surface area contributed by atoms with Gasteiger partial charge in [0, 0.05) is 28.6 Å².